The molecule has 1 unspecified atom stereocenters. The van der Waals surface area contributed by atoms with Crippen molar-refractivity contribution in [3.05, 3.63) is 46.6 Å². The highest BCUT2D eigenvalue weighted by atomic mass is 35.5. The molecule has 4 N–H and O–H groups in total. The first-order chi connectivity index (χ1) is 9.10. The van der Waals surface area contributed by atoms with Crippen LogP contribution in [0.5, 0.6) is 0 Å². The van der Waals surface area contributed by atoms with Crippen LogP contribution in [0.2, 0.25) is 5.02 Å². The van der Waals surface area contributed by atoms with Gasteiger partial charge in [-0.3, -0.25) is 5.43 Å². The molecular weight excluding hydrogens is 262 g/mol. The van der Waals surface area contributed by atoms with Gasteiger partial charge in [-0.25, -0.2) is 10.8 Å². The van der Waals surface area contributed by atoms with E-state index in [9.17, 15) is 0 Å². The molecule has 0 aliphatic heterocycles. The second-order valence-corrected chi connectivity index (χ2v) is 4.66. The van der Waals surface area contributed by atoms with Crippen LogP contribution in [0.1, 0.15) is 24.2 Å². The molecule has 6 heteroatoms. The summed E-state index contributed by atoms with van der Waals surface area (Å²) in [6.07, 6.45) is 0. The molecule has 1 heterocycles. The van der Waals surface area contributed by atoms with Gasteiger partial charge in [0.15, 0.2) is 0 Å². The predicted molar refractivity (Wildman–Crippen MR) is 78.1 cm³/mol. The minimum absolute atomic E-state index is 0.0358. The van der Waals surface area contributed by atoms with Crippen LogP contribution >= 0.6 is 11.6 Å². The summed E-state index contributed by atoms with van der Waals surface area (Å²) < 4.78 is 0. The van der Waals surface area contributed by atoms with Gasteiger partial charge in [0.05, 0.1) is 6.04 Å². The highest BCUT2D eigenvalue weighted by molar-refractivity contribution is 6.31. The number of benzene rings is 1. The summed E-state index contributed by atoms with van der Waals surface area (Å²) in [6, 6.07) is 9.60. The van der Waals surface area contributed by atoms with Crippen molar-refractivity contribution in [2.45, 2.75) is 19.9 Å². The summed E-state index contributed by atoms with van der Waals surface area (Å²) >= 11 is 6.17. The van der Waals surface area contributed by atoms with Gasteiger partial charge in [-0.2, -0.15) is 4.98 Å². The molecule has 19 heavy (non-hydrogen) atoms. The summed E-state index contributed by atoms with van der Waals surface area (Å²) in [6.45, 7) is 3.90. The van der Waals surface area contributed by atoms with Gasteiger partial charge in [-0.1, -0.05) is 29.8 Å². The maximum absolute atomic E-state index is 6.17. The van der Waals surface area contributed by atoms with Crippen molar-refractivity contribution in [3.63, 3.8) is 0 Å². The summed E-state index contributed by atoms with van der Waals surface area (Å²) in [5, 5.41) is 4.01. The summed E-state index contributed by atoms with van der Waals surface area (Å²) in [5.41, 5.74) is 4.29. The molecule has 1 aromatic carbocycles. The van der Waals surface area contributed by atoms with Gasteiger partial charge >= 0.3 is 0 Å². The fourth-order valence-electron chi connectivity index (χ4n) is 1.83. The van der Waals surface area contributed by atoms with Crippen LogP contribution in [0, 0.1) is 6.92 Å². The minimum atomic E-state index is 0.0358. The largest absolute Gasteiger partial charge is 0.363 e. The van der Waals surface area contributed by atoms with E-state index in [1.807, 2.05) is 44.2 Å². The topological polar surface area (TPSA) is 75.9 Å². The quantitative estimate of drug-likeness (QED) is 0.592. The molecule has 0 saturated heterocycles. The average molecular weight is 278 g/mol. The predicted octanol–water partition coefficient (Wildman–Crippen LogP) is 2.90. The number of nitrogens with zero attached hydrogens (tertiary/aromatic N) is 2. The minimum Gasteiger partial charge on any atom is -0.363 e. The number of aromatic nitrogens is 2. The fourth-order valence-corrected chi connectivity index (χ4v) is 2.13. The molecule has 0 spiro atoms. The lowest BCUT2D eigenvalue weighted by atomic mass is 10.1. The second-order valence-electron chi connectivity index (χ2n) is 4.25. The van der Waals surface area contributed by atoms with Gasteiger partial charge < -0.3 is 5.32 Å². The van der Waals surface area contributed by atoms with E-state index >= 15 is 0 Å². The molecule has 1 atom stereocenters. The first kappa shape index (κ1) is 13.6. The third-order valence-corrected chi connectivity index (χ3v) is 3.06. The van der Waals surface area contributed by atoms with Gasteiger partial charge in [-0.05, 0) is 25.5 Å². The first-order valence-electron chi connectivity index (χ1n) is 5.93. The summed E-state index contributed by atoms with van der Waals surface area (Å²) in [7, 11) is 0. The van der Waals surface area contributed by atoms with E-state index in [0.29, 0.717) is 11.8 Å². The van der Waals surface area contributed by atoms with Crippen LogP contribution in [0.25, 0.3) is 0 Å². The van der Waals surface area contributed by atoms with Crippen LogP contribution in [-0.4, -0.2) is 9.97 Å². The summed E-state index contributed by atoms with van der Waals surface area (Å²) in [4.78, 5) is 8.38. The molecule has 100 valence electrons. The first-order valence-corrected chi connectivity index (χ1v) is 6.31. The molecule has 0 fully saturated rings. The normalized spacial score (nSPS) is 12.0. The number of aryl methyl sites for hydroxylation is 1. The lowest BCUT2D eigenvalue weighted by molar-refractivity contribution is 0.870. The second kappa shape index (κ2) is 5.86. The Morgan fingerprint density at radius 3 is 2.68 bits per heavy atom. The monoisotopic (exact) mass is 277 g/mol. The van der Waals surface area contributed by atoms with Gasteiger partial charge in [0, 0.05) is 16.8 Å². The van der Waals surface area contributed by atoms with Crippen molar-refractivity contribution in [2.24, 2.45) is 5.84 Å². The number of nitrogens with two attached hydrogens (primary N) is 1. The number of nitrogens with one attached hydrogen (secondary N) is 2. The molecule has 0 saturated carbocycles. The van der Waals surface area contributed by atoms with E-state index in [1.165, 1.54) is 0 Å². The van der Waals surface area contributed by atoms with E-state index < -0.39 is 0 Å². The van der Waals surface area contributed by atoms with E-state index in [-0.39, 0.29) is 6.04 Å². The number of halogens is 1. The zero-order valence-corrected chi connectivity index (χ0v) is 11.6. The molecule has 2 rings (SSSR count). The number of hydrogen-bond acceptors (Lipinski definition) is 5. The van der Waals surface area contributed by atoms with Crippen molar-refractivity contribution in [2.75, 3.05) is 10.7 Å². The zero-order valence-electron chi connectivity index (χ0n) is 10.8. The Kier molecular flexibility index (Phi) is 4.19. The number of anilines is 2. The van der Waals surface area contributed by atoms with E-state index in [4.69, 9.17) is 17.4 Å². The Bertz CT molecular complexity index is 573. The van der Waals surface area contributed by atoms with Gasteiger partial charge in [0.25, 0.3) is 0 Å². The average Bonchev–Trinajstić information content (AvgIpc) is 2.38. The Balaban J connectivity index is 2.21. The molecule has 2 aromatic rings. The molecular formula is C13H16ClN5. The van der Waals surface area contributed by atoms with E-state index in [2.05, 4.69) is 20.7 Å². The van der Waals surface area contributed by atoms with E-state index in [0.717, 1.165) is 16.3 Å². The van der Waals surface area contributed by atoms with Crippen molar-refractivity contribution in [3.8, 4) is 0 Å². The van der Waals surface area contributed by atoms with Crippen LogP contribution < -0.4 is 16.6 Å². The lowest BCUT2D eigenvalue weighted by Gasteiger charge is -2.16. The number of hydrazine groups is 1. The maximum atomic E-state index is 6.17. The van der Waals surface area contributed by atoms with Gasteiger partial charge in [-0.15, -0.1) is 0 Å². The van der Waals surface area contributed by atoms with Crippen molar-refractivity contribution in [1.82, 2.24) is 9.97 Å². The van der Waals surface area contributed by atoms with Crippen LogP contribution in [0.4, 0.5) is 11.8 Å². The van der Waals surface area contributed by atoms with Crippen molar-refractivity contribution < 1.29 is 0 Å². The van der Waals surface area contributed by atoms with Gasteiger partial charge in [0.1, 0.15) is 5.82 Å². The Hall–Kier alpha value is -1.85. The van der Waals surface area contributed by atoms with E-state index in [1.54, 1.807) is 0 Å². The third kappa shape index (κ3) is 3.33. The maximum Gasteiger partial charge on any atom is 0.239 e. The molecule has 0 aliphatic carbocycles. The van der Waals surface area contributed by atoms with Gasteiger partial charge in [0.2, 0.25) is 5.95 Å². The number of nitrogen functional groups attached to an aromatic ring is 1. The highest BCUT2D eigenvalue weighted by Crippen LogP contribution is 2.25. The lowest BCUT2D eigenvalue weighted by Crippen LogP contribution is -2.14. The molecule has 0 aliphatic rings. The van der Waals surface area contributed by atoms with Crippen LogP contribution in [0.15, 0.2) is 30.3 Å². The molecule has 5 nitrogen and oxygen atoms in total. The van der Waals surface area contributed by atoms with Crippen LogP contribution in [0.3, 0.4) is 0 Å². The van der Waals surface area contributed by atoms with Crippen LogP contribution in [-0.2, 0) is 0 Å². The standard InChI is InChI=1S/C13H16ClN5/c1-8-7-12(18-13(16-8)19-15)17-9(2)10-5-3-4-6-11(10)14/h3-7,9H,15H2,1-2H3,(H2,16,17,18,19). The zero-order chi connectivity index (χ0) is 13.8. The highest BCUT2D eigenvalue weighted by Gasteiger charge is 2.10. The number of rotatable bonds is 4. The molecule has 0 bridgehead atoms. The Labute approximate surface area is 117 Å². The third-order valence-electron chi connectivity index (χ3n) is 2.72. The number of hydrogen-bond donors (Lipinski definition) is 3. The summed E-state index contributed by atoms with van der Waals surface area (Å²) in [5.74, 6) is 6.41. The molecule has 0 radical (unpaired) electrons. The Morgan fingerprint density at radius 1 is 1.26 bits per heavy atom. The van der Waals surface area contributed by atoms with Crippen molar-refractivity contribution >= 4 is 23.4 Å². The molecule has 0 amide bonds. The fraction of sp³-hybridized carbons (Fsp3) is 0.231. The van der Waals surface area contributed by atoms with Crippen molar-refractivity contribution in [1.29, 1.82) is 0 Å². The SMILES string of the molecule is Cc1cc(NC(C)c2ccccc2Cl)nc(NN)n1. The molecule has 1 aromatic heterocycles. The smallest absolute Gasteiger partial charge is 0.239 e. The Morgan fingerprint density at radius 2 is 2.00 bits per heavy atom.